The van der Waals surface area contributed by atoms with E-state index in [4.69, 9.17) is 0 Å². The summed E-state index contributed by atoms with van der Waals surface area (Å²) >= 11 is 2.41. The van der Waals surface area contributed by atoms with Gasteiger partial charge in [0.25, 0.3) is 0 Å². The van der Waals surface area contributed by atoms with Gasteiger partial charge in [0.05, 0.1) is 6.61 Å². The minimum Gasteiger partial charge on any atom is -0.462 e. The van der Waals surface area contributed by atoms with E-state index in [9.17, 15) is 18.0 Å². The van der Waals surface area contributed by atoms with Crippen molar-refractivity contribution in [2.45, 2.75) is 13.1 Å². The number of alkyl halides is 3. The molecule has 0 aliphatic heterocycles. The number of carbonyl (C=O) groups is 1. The van der Waals surface area contributed by atoms with Crippen LogP contribution in [0, 0.1) is 0 Å². The zero-order valence-electron chi connectivity index (χ0n) is 6.61. The molecule has 2 N–H and O–H groups in total. The molecule has 0 spiro atoms. The van der Waals surface area contributed by atoms with Crippen LogP contribution in [-0.4, -0.2) is 18.8 Å². The Kier molecular flexibility index (Phi) is 4.25. The Morgan fingerprint density at radius 3 is 2.31 bits per heavy atom. The van der Waals surface area contributed by atoms with Crippen molar-refractivity contribution < 1.29 is 22.7 Å². The normalized spacial score (nSPS) is 13.6. The number of hydrogen-bond donors (Lipinski definition) is 1. The summed E-state index contributed by atoms with van der Waals surface area (Å²) in [6.45, 7) is 1.46. The first kappa shape index (κ1) is 12.3. The van der Waals surface area contributed by atoms with Gasteiger partial charge >= 0.3 is 12.1 Å². The molecule has 0 atom stereocenters. The minimum absolute atomic E-state index is 0.0148. The lowest BCUT2D eigenvalue weighted by molar-refractivity contribution is -0.138. The lowest BCUT2D eigenvalue weighted by atomic mass is 10.4. The van der Waals surface area contributed by atoms with Crippen molar-refractivity contribution >= 4 is 21.9 Å². The molecule has 0 unspecified atom stereocenters. The maximum Gasteiger partial charge on any atom is 0.432 e. The van der Waals surface area contributed by atoms with Crippen LogP contribution in [0.4, 0.5) is 13.2 Å². The highest BCUT2D eigenvalue weighted by molar-refractivity contribution is 9.12. The number of hydrogen-bond acceptors (Lipinski definition) is 3. The van der Waals surface area contributed by atoms with Crippen molar-refractivity contribution in [2.24, 2.45) is 5.73 Å². The number of nitrogens with two attached hydrogens (primary N) is 1. The molecule has 0 radical (unpaired) electrons. The van der Waals surface area contributed by atoms with Gasteiger partial charge in [-0.3, -0.25) is 0 Å². The molecule has 0 heterocycles. The average Bonchev–Trinajstić information content (AvgIpc) is 2.00. The Labute approximate surface area is 80.9 Å². The lowest BCUT2D eigenvalue weighted by Gasteiger charge is -2.08. The highest BCUT2D eigenvalue weighted by atomic mass is 79.9. The first-order valence-corrected chi connectivity index (χ1v) is 3.99. The molecule has 0 amide bonds. The van der Waals surface area contributed by atoms with Crippen LogP contribution >= 0.6 is 15.9 Å². The molecule has 0 bridgehead atoms. The zero-order chi connectivity index (χ0) is 10.6. The van der Waals surface area contributed by atoms with E-state index in [1.54, 1.807) is 0 Å². The van der Waals surface area contributed by atoms with Crippen LogP contribution in [0.3, 0.4) is 0 Å². The fraction of sp³-hybridized carbons (Fsp3) is 0.500. The van der Waals surface area contributed by atoms with E-state index >= 15 is 0 Å². The van der Waals surface area contributed by atoms with Crippen LogP contribution in [0.2, 0.25) is 0 Å². The third-order valence-electron chi connectivity index (χ3n) is 0.997. The molecule has 76 valence electrons. The molecule has 3 nitrogen and oxygen atoms in total. The molecule has 0 fully saturated rings. The second-order valence-corrected chi connectivity index (χ2v) is 2.74. The summed E-state index contributed by atoms with van der Waals surface area (Å²) in [5.74, 6) is -1.13. The largest absolute Gasteiger partial charge is 0.462 e. The second-order valence-electron chi connectivity index (χ2n) is 1.95. The zero-order valence-corrected chi connectivity index (χ0v) is 8.20. The van der Waals surface area contributed by atoms with Crippen molar-refractivity contribution in [1.82, 2.24) is 0 Å². The van der Waals surface area contributed by atoms with Crippen molar-refractivity contribution in [3.8, 4) is 0 Å². The van der Waals surface area contributed by atoms with Crippen molar-refractivity contribution in [3.63, 3.8) is 0 Å². The van der Waals surface area contributed by atoms with Crippen molar-refractivity contribution in [3.05, 3.63) is 10.2 Å². The van der Waals surface area contributed by atoms with Gasteiger partial charge in [-0.2, -0.15) is 13.2 Å². The molecule has 0 aromatic heterocycles. The SMILES string of the molecule is CCOC(=O)/C(Br)=C(\N)C(F)(F)F. The topological polar surface area (TPSA) is 52.3 Å². The highest BCUT2D eigenvalue weighted by Crippen LogP contribution is 2.27. The van der Waals surface area contributed by atoms with E-state index in [0.29, 0.717) is 0 Å². The molecule has 0 aromatic carbocycles. The van der Waals surface area contributed by atoms with E-state index in [2.05, 4.69) is 26.4 Å². The molecule has 0 saturated heterocycles. The minimum atomic E-state index is -4.73. The van der Waals surface area contributed by atoms with Crippen LogP contribution in [-0.2, 0) is 9.53 Å². The molecule has 0 aromatic rings. The van der Waals surface area contributed by atoms with Crippen LogP contribution in [0.15, 0.2) is 10.2 Å². The first-order valence-electron chi connectivity index (χ1n) is 3.20. The van der Waals surface area contributed by atoms with Crippen LogP contribution in [0.1, 0.15) is 6.92 Å². The fourth-order valence-electron chi connectivity index (χ4n) is 0.429. The summed E-state index contributed by atoms with van der Waals surface area (Å²) in [6.07, 6.45) is -4.73. The van der Waals surface area contributed by atoms with Crippen LogP contribution < -0.4 is 5.73 Å². The second kappa shape index (κ2) is 4.50. The number of halogens is 4. The number of allylic oxidation sites excluding steroid dienone is 1. The number of rotatable bonds is 2. The fourth-order valence-corrected chi connectivity index (χ4v) is 0.768. The van der Waals surface area contributed by atoms with E-state index in [1.807, 2.05) is 0 Å². The van der Waals surface area contributed by atoms with E-state index in [-0.39, 0.29) is 6.61 Å². The first-order chi connectivity index (χ1) is 5.80. The van der Waals surface area contributed by atoms with Gasteiger partial charge in [-0.05, 0) is 22.9 Å². The van der Waals surface area contributed by atoms with Crippen LogP contribution in [0.5, 0.6) is 0 Å². The molecule has 0 rings (SSSR count). The smallest absolute Gasteiger partial charge is 0.432 e. The summed E-state index contributed by atoms with van der Waals surface area (Å²) in [5.41, 5.74) is 3.14. The summed E-state index contributed by atoms with van der Waals surface area (Å²) in [7, 11) is 0. The lowest BCUT2D eigenvalue weighted by Crippen LogP contribution is -2.23. The summed E-state index contributed by atoms with van der Waals surface area (Å²) in [6, 6.07) is 0. The van der Waals surface area contributed by atoms with Gasteiger partial charge in [-0.1, -0.05) is 0 Å². The Morgan fingerprint density at radius 1 is 1.54 bits per heavy atom. The highest BCUT2D eigenvalue weighted by Gasteiger charge is 2.35. The van der Waals surface area contributed by atoms with Crippen molar-refractivity contribution in [2.75, 3.05) is 6.61 Å². The van der Waals surface area contributed by atoms with Gasteiger partial charge in [0.2, 0.25) is 0 Å². The van der Waals surface area contributed by atoms with Gasteiger partial charge in [0.15, 0.2) is 0 Å². The molecule has 0 aliphatic carbocycles. The maximum absolute atomic E-state index is 11.9. The van der Waals surface area contributed by atoms with Gasteiger partial charge < -0.3 is 10.5 Å². The Morgan fingerprint density at radius 2 is 2.00 bits per heavy atom. The van der Waals surface area contributed by atoms with E-state index < -0.39 is 22.3 Å². The van der Waals surface area contributed by atoms with E-state index in [0.717, 1.165) is 0 Å². The van der Waals surface area contributed by atoms with Crippen molar-refractivity contribution in [1.29, 1.82) is 0 Å². The molecule has 13 heavy (non-hydrogen) atoms. The Bertz CT molecular complexity index is 237. The summed E-state index contributed by atoms with van der Waals surface area (Å²) in [5, 5.41) is 0. The van der Waals surface area contributed by atoms with E-state index in [1.165, 1.54) is 6.92 Å². The molecule has 0 saturated carbocycles. The van der Waals surface area contributed by atoms with Gasteiger partial charge in [-0.25, -0.2) is 4.79 Å². The third-order valence-corrected chi connectivity index (χ3v) is 1.75. The molecule has 0 aliphatic rings. The summed E-state index contributed by atoms with van der Waals surface area (Å²) in [4.78, 5) is 10.7. The molecular formula is C6H7BrF3NO2. The predicted molar refractivity (Wildman–Crippen MR) is 42.8 cm³/mol. The Hall–Kier alpha value is -0.720. The molecular weight excluding hydrogens is 255 g/mol. The molecule has 7 heteroatoms. The monoisotopic (exact) mass is 261 g/mol. The third kappa shape index (κ3) is 3.67. The van der Waals surface area contributed by atoms with Gasteiger partial charge in [-0.15, -0.1) is 0 Å². The maximum atomic E-state index is 11.9. The average molecular weight is 262 g/mol. The quantitative estimate of drug-likeness (QED) is 0.608. The number of ether oxygens (including phenoxy) is 1. The predicted octanol–water partition coefficient (Wildman–Crippen LogP) is 1.68. The summed E-state index contributed by atoms with van der Waals surface area (Å²) < 4.78 is 39.1. The standard InChI is InChI=1S/C6H7BrF3NO2/c1-2-13-5(12)3(7)4(11)6(8,9)10/h2,11H2,1H3/b4-3+. The van der Waals surface area contributed by atoms with Gasteiger partial charge in [0, 0.05) is 0 Å². The van der Waals surface area contributed by atoms with Crippen LogP contribution in [0.25, 0.3) is 0 Å². The number of esters is 1. The van der Waals surface area contributed by atoms with Gasteiger partial charge in [0.1, 0.15) is 10.2 Å². The number of carbonyl (C=O) groups excluding carboxylic acids is 1. The Balaban J connectivity index is 4.72.